The first-order chi connectivity index (χ1) is 20.2. The average molecular weight is 557 g/mol. The third-order valence-electron chi connectivity index (χ3n) is 9.36. The maximum Gasteiger partial charge on any atom is 0.112 e. The molecule has 0 saturated carbocycles. The van der Waals surface area contributed by atoms with Crippen LogP contribution in [0.3, 0.4) is 0 Å². The molecule has 2 heteroatoms. The molecule has 3 rings (SSSR count). The fraction of sp³-hybridized carbons (Fsp3) is 0.615. The molecule has 1 aromatic heterocycles. The number of benzene rings is 2. The fourth-order valence-electron chi connectivity index (χ4n) is 6.79. The molecule has 0 aliphatic heterocycles. The van der Waals surface area contributed by atoms with Gasteiger partial charge in [0.05, 0.1) is 0 Å². The fourth-order valence-corrected chi connectivity index (χ4v) is 6.79. The van der Waals surface area contributed by atoms with Gasteiger partial charge in [0.15, 0.2) is 0 Å². The van der Waals surface area contributed by atoms with Gasteiger partial charge in [-0.25, -0.2) is 4.98 Å². The molecular weight excluding hydrogens is 496 g/mol. The zero-order valence-electron chi connectivity index (χ0n) is 26.8. The van der Waals surface area contributed by atoms with Crippen molar-refractivity contribution in [3.8, 4) is 0 Å². The minimum atomic E-state index is -0.0175. The number of hydrogen-bond donors (Lipinski definition) is 0. The summed E-state index contributed by atoms with van der Waals surface area (Å²) in [5, 5.41) is 0. The Hall–Kier alpha value is -2.35. The largest absolute Gasteiger partial charge is 0.335 e. The van der Waals surface area contributed by atoms with Crippen LogP contribution in [0.15, 0.2) is 73.1 Å². The maximum absolute atomic E-state index is 4.98. The molecular formula is C39H60N2. The van der Waals surface area contributed by atoms with Gasteiger partial charge in [-0.2, -0.15) is 0 Å². The van der Waals surface area contributed by atoms with Crippen LogP contribution in [0, 0.1) is 0 Å². The van der Waals surface area contributed by atoms with Crippen LogP contribution in [-0.4, -0.2) is 9.55 Å². The van der Waals surface area contributed by atoms with Gasteiger partial charge in [-0.3, -0.25) is 0 Å². The number of rotatable bonds is 23. The van der Waals surface area contributed by atoms with Crippen molar-refractivity contribution in [1.82, 2.24) is 9.55 Å². The lowest BCUT2D eigenvalue weighted by Crippen LogP contribution is -2.35. The second kappa shape index (κ2) is 19.7. The number of nitrogens with zero attached hydrogens (tertiary/aromatic N) is 2. The van der Waals surface area contributed by atoms with Crippen LogP contribution in [0.25, 0.3) is 0 Å². The number of aryl methyl sites for hydroxylation is 1. The minimum absolute atomic E-state index is 0.0175. The highest BCUT2D eigenvalue weighted by atomic mass is 15.1. The quantitative estimate of drug-likeness (QED) is 0.106. The van der Waals surface area contributed by atoms with Gasteiger partial charge in [-0.15, -0.1) is 0 Å². The van der Waals surface area contributed by atoms with E-state index in [0.29, 0.717) is 5.92 Å². The van der Waals surface area contributed by atoms with Gasteiger partial charge in [0.25, 0.3) is 0 Å². The van der Waals surface area contributed by atoms with Crippen LogP contribution in [0.4, 0.5) is 0 Å². The standard InChI is InChI=1S/C39H60N2/c1-4-6-7-8-9-10-11-12-13-14-15-16-17-18-19-26-31-37(38-40-32-33-41(38)5-2)39(3,36-29-24-21-25-30-36)34-35-27-22-20-23-28-35/h20-25,27-30,32-33,37H,4-19,26,31,34H2,1-3H3. The topological polar surface area (TPSA) is 17.8 Å². The molecule has 2 aromatic carbocycles. The molecule has 0 saturated heterocycles. The lowest BCUT2D eigenvalue weighted by Gasteiger charge is -2.39. The molecule has 226 valence electrons. The first-order valence-corrected chi connectivity index (χ1v) is 17.3. The number of unbranched alkanes of at least 4 members (excludes halogenated alkanes) is 15. The van der Waals surface area contributed by atoms with E-state index in [1.165, 1.54) is 126 Å². The normalized spacial score (nSPS) is 13.7. The van der Waals surface area contributed by atoms with E-state index < -0.39 is 0 Å². The second-order valence-corrected chi connectivity index (χ2v) is 12.7. The van der Waals surface area contributed by atoms with Crippen LogP contribution < -0.4 is 0 Å². The van der Waals surface area contributed by atoms with Crippen LogP contribution in [0.5, 0.6) is 0 Å². The van der Waals surface area contributed by atoms with E-state index in [-0.39, 0.29) is 5.41 Å². The molecule has 0 spiro atoms. The van der Waals surface area contributed by atoms with E-state index in [1.807, 2.05) is 6.20 Å². The summed E-state index contributed by atoms with van der Waals surface area (Å²) in [6, 6.07) is 22.3. The summed E-state index contributed by atoms with van der Waals surface area (Å²) in [4.78, 5) is 4.98. The zero-order chi connectivity index (χ0) is 29.0. The maximum atomic E-state index is 4.98. The van der Waals surface area contributed by atoms with Crippen molar-refractivity contribution in [3.63, 3.8) is 0 Å². The third kappa shape index (κ3) is 11.4. The predicted octanol–water partition coefficient (Wildman–Crippen LogP) is 11.8. The first-order valence-electron chi connectivity index (χ1n) is 17.3. The molecule has 2 nitrogen and oxygen atoms in total. The lowest BCUT2D eigenvalue weighted by atomic mass is 9.66. The molecule has 0 N–H and O–H groups in total. The molecule has 0 aliphatic rings. The highest BCUT2D eigenvalue weighted by Gasteiger charge is 2.39. The average Bonchev–Trinajstić information content (AvgIpc) is 3.48. The zero-order valence-corrected chi connectivity index (χ0v) is 26.8. The molecule has 1 heterocycles. The lowest BCUT2D eigenvalue weighted by molar-refractivity contribution is 0.323. The minimum Gasteiger partial charge on any atom is -0.335 e. The van der Waals surface area contributed by atoms with Crippen molar-refractivity contribution in [2.75, 3.05) is 0 Å². The van der Waals surface area contributed by atoms with Crippen molar-refractivity contribution < 1.29 is 0 Å². The number of imidazole rings is 1. The Kier molecular flexibility index (Phi) is 15.9. The van der Waals surface area contributed by atoms with E-state index in [9.17, 15) is 0 Å². The van der Waals surface area contributed by atoms with E-state index in [2.05, 4.69) is 92.2 Å². The molecule has 41 heavy (non-hydrogen) atoms. The van der Waals surface area contributed by atoms with Gasteiger partial charge in [0.1, 0.15) is 5.82 Å². The second-order valence-electron chi connectivity index (χ2n) is 12.7. The highest BCUT2D eigenvalue weighted by Crippen LogP contribution is 2.44. The van der Waals surface area contributed by atoms with Crippen LogP contribution in [-0.2, 0) is 18.4 Å². The summed E-state index contributed by atoms with van der Waals surface area (Å²) >= 11 is 0. The van der Waals surface area contributed by atoms with Crippen molar-refractivity contribution in [3.05, 3.63) is 90.0 Å². The Labute approximate surface area is 253 Å². The van der Waals surface area contributed by atoms with Gasteiger partial charge in [-0.1, -0.05) is 177 Å². The molecule has 0 bridgehead atoms. The molecule has 0 fully saturated rings. The van der Waals surface area contributed by atoms with Crippen molar-refractivity contribution in [2.45, 2.75) is 154 Å². The Bertz CT molecular complexity index is 1020. The van der Waals surface area contributed by atoms with E-state index >= 15 is 0 Å². The van der Waals surface area contributed by atoms with Gasteiger partial charge < -0.3 is 4.57 Å². The summed E-state index contributed by atoms with van der Waals surface area (Å²) in [6.07, 6.45) is 29.0. The summed E-state index contributed by atoms with van der Waals surface area (Å²) in [7, 11) is 0. The summed E-state index contributed by atoms with van der Waals surface area (Å²) < 4.78 is 2.38. The molecule has 0 aliphatic carbocycles. The Balaban J connectivity index is 1.47. The predicted molar refractivity (Wildman–Crippen MR) is 179 cm³/mol. The van der Waals surface area contributed by atoms with Gasteiger partial charge >= 0.3 is 0 Å². The third-order valence-corrected chi connectivity index (χ3v) is 9.36. The van der Waals surface area contributed by atoms with E-state index in [0.717, 1.165) is 13.0 Å². The van der Waals surface area contributed by atoms with Crippen LogP contribution >= 0.6 is 0 Å². The monoisotopic (exact) mass is 556 g/mol. The van der Waals surface area contributed by atoms with Crippen molar-refractivity contribution in [2.24, 2.45) is 0 Å². The number of hydrogen-bond acceptors (Lipinski definition) is 1. The Morgan fingerprint density at radius 3 is 1.63 bits per heavy atom. The van der Waals surface area contributed by atoms with Gasteiger partial charge in [0.2, 0.25) is 0 Å². The molecule has 0 amide bonds. The van der Waals surface area contributed by atoms with Crippen LogP contribution in [0.2, 0.25) is 0 Å². The van der Waals surface area contributed by atoms with Crippen LogP contribution in [0.1, 0.15) is 153 Å². The van der Waals surface area contributed by atoms with E-state index in [1.54, 1.807) is 0 Å². The van der Waals surface area contributed by atoms with E-state index in [4.69, 9.17) is 4.98 Å². The van der Waals surface area contributed by atoms with Gasteiger partial charge in [-0.05, 0) is 30.9 Å². The summed E-state index contributed by atoms with van der Waals surface area (Å²) in [6.45, 7) is 8.01. The SMILES string of the molecule is CCCCCCCCCCCCCCCCCCC(c1nccn1CC)C(C)(Cc1ccccc1)c1ccccc1. The first kappa shape index (κ1) is 33.2. The van der Waals surface area contributed by atoms with Gasteiger partial charge in [0, 0.05) is 30.3 Å². The summed E-state index contributed by atoms with van der Waals surface area (Å²) in [5.74, 6) is 1.64. The smallest absolute Gasteiger partial charge is 0.112 e. The van der Waals surface area contributed by atoms with Crippen molar-refractivity contribution in [1.29, 1.82) is 0 Å². The molecule has 2 atom stereocenters. The molecule has 3 aromatic rings. The Morgan fingerprint density at radius 1 is 0.634 bits per heavy atom. The van der Waals surface area contributed by atoms with Crippen molar-refractivity contribution >= 4 is 0 Å². The molecule has 0 radical (unpaired) electrons. The Morgan fingerprint density at radius 2 is 1.12 bits per heavy atom. The molecule has 2 unspecified atom stereocenters. The highest BCUT2D eigenvalue weighted by molar-refractivity contribution is 5.33. The number of aromatic nitrogens is 2. The summed E-state index contributed by atoms with van der Waals surface area (Å²) in [5.41, 5.74) is 2.82.